The van der Waals surface area contributed by atoms with Crippen molar-refractivity contribution in [3.05, 3.63) is 45.0 Å². The van der Waals surface area contributed by atoms with Crippen LogP contribution in [-0.2, 0) is 15.5 Å². The highest BCUT2D eigenvalue weighted by molar-refractivity contribution is 7.88. The number of benzene rings is 1. The van der Waals surface area contributed by atoms with Gasteiger partial charge in [-0.3, -0.25) is 4.21 Å². The van der Waals surface area contributed by atoms with Gasteiger partial charge in [0, 0.05) is 6.26 Å². The number of hydrogen-bond acceptors (Lipinski definition) is 2. The van der Waals surface area contributed by atoms with E-state index in [2.05, 4.69) is 0 Å². The van der Waals surface area contributed by atoms with Crippen LogP contribution >= 0.6 is 23.2 Å². The largest absolute Gasteiger partial charge is 0.477 e. The molecule has 1 aliphatic rings. The Balaban J connectivity index is 2.21. The number of hydrogen-bond donors (Lipinski definition) is 0. The zero-order chi connectivity index (χ0) is 12.4. The first-order valence-electron chi connectivity index (χ1n) is 5.23. The summed E-state index contributed by atoms with van der Waals surface area (Å²) in [6.07, 6.45) is 5.12. The highest BCUT2D eigenvalue weighted by Gasteiger charge is 2.20. The van der Waals surface area contributed by atoms with Crippen LogP contribution in [-0.4, -0.2) is 10.5 Å². The Bertz CT molecular complexity index is 485. The van der Waals surface area contributed by atoms with Gasteiger partial charge >= 0.3 is 0 Å². The van der Waals surface area contributed by atoms with Crippen LogP contribution in [0.5, 0.6) is 0 Å². The summed E-state index contributed by atoms with van der Waals surface area (Å²) in [6.45, 7) is 0. The highest BCUT2D eigenvalue weighted by atomic mass is 35.5. The van der Waals surface area contributed by atoms with Gasteiger partial charge in [-0.05, 0) is 36.6 Å². The van der Waals surface area contributed by atoms with Crippen molar-refractivity contribution in [3.8, 4) is 0 Å². The highest BCUT2D eigenvalue weighted by Crippen LogP contribution is 2.34. The van der Waals surface area contributed by atoms with E-state index in [1.54, 1.807) is 18.4 Å². The van der Waals surface area contributed by atoms with Crippen molar-refractivity contribution in [2.45, 2.75) is 18.9 Å². The van der Waals surface area contributed by atoms with Crippen molar-refractivity contribution in [2.75, 3.05) is 6.26 Å². The molecule has 0 aromatic heterocycles. The van der Waals surface area contributed by atoms with Crippen LogP contribution < -0.4 is 0 Å². The molecule has 0 fully saturated rings. The maximum Gasteiger partial charge on any atom is 0.180 e. The molecule has 1 aliphatic heterocycles. The quantitative estimate of drug-likeness (QED) is 0.821. The van der Waals surface area contributed by atoms with Crippen LogP contribution in [0, 0.1) is 0 Å². The topological polar surface area (TPSA) is 26.3 Å². The molecule has 92 valence electrons. The molecule has 2 atom stereocenters. The molecule has 0 N–H and O–H groups in total. The third-order valence-corrected chi connectivity index (χ3v) is 4.17. The zero-order valence-corrected chi connectivity index (χ0v) is 11.6. The SMILES string of the molecule is CS(=O)C1=CCCC(c2ccc(Cl)c(Cl)c2)O1. The van der Waals surface area contributed by atoms with Crippen molar-refractivity contribution in [1.29, 1.82) is 0 Å². The minimum Gasteiger partial charge on any atom is -0.477 e. The van der Waals surface area contributed by atoms with Gasteiger partial charge in [-0.2, -0.15) is 0 Å². The Hall–Kier alpha value is -0.510. The Morgan fingerprint density at radius 2 is 2.12 bits per heavy atom. The number of halogens is 2. The Kier molecular flexibility index (Phi) is 4.13. The molecule has 0 amide bonds. The first-order valence-corrected chi connectivity index (χ1v) is 7.54. The third-order valence-electron chi connectivity index (χ3n) is 2.60. The fraction of sp³-hybridized carbons (Fsp3) is 0.333. The molecule has 1 aromatic carbocycles. The van der Waals surface area contributed by atoms with Gasteiger partial charge in [-0.25, -0.2) is 0 Å². The van der Waals surface area contributed by atoms with Crippen LogP contribution in [0.1, 0.15) is 24.5 Å². The first-order chi connectivity index (χ1) is 8.08. The minimum atomic E-state index is -1.08. The molecular weight excluding hydrogens is 279 g/mol. The predicted octanol–water partition coefficient (Wildman–Crippen LogP) is 4.06. The third kappa shape index (κ3) is 3.03. The van der Waals surface area contributed by atoms with E-state index in [0.29, 0.717) is 15.1 Å². The summed E-state index contributed by atoms with van der Waals surface area (Å²) in [6, 6.07) is 5.44. The van der Waals surface area contributed by atoms with Gasteiger partial charge in [0.2, 0.25) is 0 Å². The fourth-order valence-corrected chi connectivity index (χ4v) is 2.64. The Labute approximate surface area is 113 Å². The van der Waals surface area contributed by atoms with E-state index in [1.165, 1.54) is 0 Å². The molecule has 2 unspecified atom stereocenters. The number of allylic oxidation sites excluding steroid dienone is 1. The Morgan fingerprint density at radius 1 is 1.35 bits per heavy atom. The van der Waals surface area contributed by atoms with E-state index < -0.39 is 10.8 Å². The number of ether oxygens (including phenoxy) is 1. The lowest BCUT2D eigenvalue weighted by Crippen LogP contribution is -2.11. The molecule has 0 aliphatic carbocycles. The molecule has 2 nitrogen and oxygen atoms in total. The van der Waals surface area contributed by atoms with Gasteiger partial charge in [0.15, 0.2) is 5.09 Å². The van der Waals surface area contributed by atoms with Gasteiger partial charge in [-0.15, -0.1) is 0 Å². The summed E-state index contributed by atoms with van der Waals surface area (Å²) in [5, 5.41) is 1.59. The summed E-state index contributed by atoms with van der Waals surface area (Å²) in [7, 11) is -1.08. The van der Waals surface area contributed by atoms with Crippen molar-refractivity contribution in [3.63, 3.8) is 0 Å². The average molecular weight is 291 g/mol. The van der Waals surface area contributed by atoms with Gasteiger partial charge in [-0.1, -0.05) is 29.3 Å². The molecule has 0 spiro atoms. The van der Waals surface area contributed by atoms with E-state index >= 15 is 0 Å². The second-order valence-corrected chi connectivity index (χ2v) is 5.96. The summed E-state index contributed by atoms with van der Waals surface area (Å²) in [4.78, 5) is 0. The lowest BCUT2D eigenvalue weighted by atomic mass is 10.0. The molecule has 1 aromatic rings. The lowest BCUT2D eigenvalue weighted by Gasteiger charge is -2.24. The van der Waals surface area contributed by atoms with Crippen molar-refractivity contribution in [2.24, 2.45) is 0 Å². The molecule has 0 bridgehead atoms. The second-order valence-electron chi connectivity index (χ2n) is 3.83. The van der Waals surface area contributed by atoms with Gasteiger partial charge in [0.25, 0.3) is 0 Å². The van der Waals surface area contributed by atoms with Crippen LogP contribution in [0.2, 0.25) is 10.0 Å². The number of rotatable bonds is 2. The van der Waals surface area contributed by atoms with Crippen LogP contribution in [0.15, 0.2) is 29.4 Å². The molecule has 2 rings (SSSR count). The molecule has 5 heteroatoms. The maximum absolute atomic E-state index is 11.4. The van der Waals surface area contributed by atoms with E-state index in [0.717, 1.165) is 18.4 Å². The van der Waals surface area contributed by atoms with Crippen molar-refractivity contribution in [1.82, 2.24) is 0 Å². The van der Waals surface area contributed by atoms with Gasteiger partial charge in [0.05, 0.1) is 20.8 Å². The molecule has 1 heterocycles. The minimum absolute atomic E-state index is 0.0892. The monoisotopic (exact) mass is 290 g/mol. The summed E-state index contributed by atoms with van der Waals surface area (Å²) in [5.74, 6) is 0. The predicted molar refractivity (Wildman–Crippen MR) is 71.7 cm³/mol. The van der Waals surface area contributed by atoms with E-state index in [-0.39, 0.29) is 6.10 Å². The normalized spacial score (nSPS) is 21.6. The van der Waals surface area contributed by atoms with E-state index in [1.807, 2.05) is 12.1 Å². The van der Waals surface area contributed by atoms with E-state index in [9.17, 15) is 4.21 Å². The molecule has 0 radical (unpaired) electrons. The first kappa shape index (κ1) is 12.9. The molecular formula is C12H12Cl2O2S. The maximum atomic E-state index is 11.4. The van der Waals surface area contributed by atoms with Crippen molar-refractivity contribution >= 4 is 34.0 Å². The summed E-state index contributed by atoms with van der Waals surface area (Å²) >= 11 is 11.8. The second kappa shape index (κ2) is 5.42. The standard InChI is InChI=1S/C12H12Cl2O2S/c1-17(15)12-4-2-3-11(16-12)8-5-6-9(13)10(14)7-8/h4-7,11H,2-3H2,1H3. The smallest absolute Gasteiger partial charge is 0.180 e. The van der Waals surface area contributed by atoms with E-state index in [4.69, 9.17) is 27.9 Å². The zero-order valence-electron chi connectivity index (χ0n) is 9.28. The van der Waals surface area contributed by atoms with Crippen molar-refractivity contribution < 1.29 is 8.95 Å². The van der Waals surface area contributed by atoms with Crippen LogP contribution in [0.25, 0.3) is 0 Å². The van der Waals surface area contributed by atoms with Gasteiger partial charge in [0.1, 0.15) is 6.10 Å². The summed E-state index contributed by atoms with van der Waals surface area (Å²) in [5.41, 5.74) is 0.968. The fourth-order valence-electron chi connectivity index (χ4n) is 1.73. The average Bonchev–Trinajstić information content (AvgIpc) is 2.33. The molecule has 0 saturated heterocycles. The lowest BCUT2D eigenvalue weighted by molar-refractivity contribution is 0.115. The van der Waals surface area contributed by atoms with Gasteiger partial charge < -0.3 is 4.74 Å². The molecule has 0 saturated carbocycles. The van der Waals surface area contributed by atoms with Crippen LogP contribution in [0.4, 0.5) is 0 Å². The Morgan fingerprint density at radius 3 is 2.76 bits per heavy atom. The van der Waals surface area contributed by atoms with Crippen LogP contribution in [0.3, 0.4) is 0 Å². The molecule has 17 heavy (non-hydrogen) atoms. The summed E-state index contributed by atoms with van der Waals surface area (Å²) < 4.78 is 17.1.